The molecule has 0 aliphatic rings. The Morgan fingerprint density at radius 2 is 1.68 bits per heavy atom. The Hall–Kier alpha value is -1.55. The van der Waals surface area contributed by atoms with Crippen molar-refractivity contribution in [3.63, 3.8) is 0 Å². The molecule has 1 aromatic carbocycles. The van der Waals surface area contributed by atoms with Gasteiger partial charge in [-0.15, -0.1) is 0 Å². The lowest BCUT2D eigenvalue weighted by molar-refractivity contribution is -0.131. The molecule has 0 aromatic heterocycles. The predicted octanol–water partition coefficient (Wildman–Crippen LogP) is 3.50. The van der Waals surface area contributed by atoms with Crippen LogP contribution in [0, 0.1) is 0 Å². The first-order chi connectivity index (χ1) is 10.6. The van der Waals surface area contributed by atoms with Crippen LogP contribution in [-0.2, 0) is 4.79 Å². The zero-order valence-electron chi connectivity index (χ0n) is 13.4. The number of rotatable bonds is 9. The van der Waals surface area contributed by atoms with Gasteiger partial charge in [-0.3, -0.25) is 9.59 Å². The van der Waals surface area contributed by atoms with Crippen molar-refractivity contribution in [2.24, 2.45) is 0 Å². The highest BCUT2D eigenvalue weighted by Gasteiger charge is 2.11. The normalized spacial score (nSPS) is 10.3. The van der Waals surface area contributed by atoms with Crippen LogP contribution in [0.2, 0.25) is 5.02 Å². The van der Waals surface area contributed by atoms with E-state index in [1.807, 2.05) is 4.90 Å². The van der Waals surface area contributed by atoms with Crippen LogP contribution >= 0.6 is 11.6 Å². The molecule has 0 spiro atoms. The summed E-state index contributed by atoms with van der Waals surface area (Å²) in [5.74, 6) is 0.0348. The summed E-state index contributed by atoms with van der Waals surface area (Å²) < 4.78 is 0. The minimum atomic E-state index is -0.136. The summed E-state index contributed by atoms with van der Waals surface area (Å²) in [6.07, 6.45) is 3.07. The van der Waals surface area contributed by atoms with Crippen LogP contribution in [0.5, 0.6) is 0 Å². The number of nitrogens with one attached hydrogen (secondary N) is 1. The molecular formula is C17H25ClN2O2. The lowest BCUT2D eigenvalue weighted by Crippen LogP contribution is -2.33. The van der Waals surface area contributed by atoms with E-state index < -0.39 is 0 Å². The maximum absolute atomic E-state index is 12.1. The second kappa shape index (κ2) is 10.2. The Labute approximate surface area is 137 Å². The molecular weight excluding hydrogens is 300 g/mol. The lowest BCUT2D eigenvalue weighted by Gasteiger charge is -2.21. The Bertz CT molecular complexity index is 468. The summed E-state index contributed by atoms with van der Waals surface area (Å²) in [6, 6.07) is 6.75. The summed E-state index contributed by atoms with van der Waals surface area (Å²) in [6.45, 7) is 6.26. The van der Waals surface area contributed by atoms with E-state index in [-0.39, 0.29) is 11.8 Å². The summed E-state index contributed by atoms with van der Waals surface area (Å²) in [4.78, 5) is 25.9. The number of benzene rings is 1. The molecule has 0 fully saturated rings. The van der Waals surface area contributed by atoms with Crippen LogP contribution in [0.3, 0.4) is 0 Å². The molecule has 5 heteroatoms. The van der Waals surface area contributed by atoms with Crippen molar-refractivity contribution >= 4 is 23.4 Å². The average Bonchev–Trinajstić information content (AvgIpc) is 2.51. The molecule has 0 heterocycles. The van der Waals surface area contributed by atoms with Crippen LogP contribution < -0.4 is 5.32 Å². The second-order valence-electron chi connectivity index (χ2n) is 5.25. The minimum Gasteiger partial charge on any atom is -0.352 e. The van der Waals surface area contributed by atoms with Gasteiger partial charge >= 0.3 is 0 Å². The number of carbonyl (C=O) groups excluding carboxylic acids is 2. The van der Waals surface area contributed by atoms with Crippen LogP contribution in [0.15, 0.2) is 24.3 Å². The fourth-order valence-corrected chi connectivity index (χ4v) is 2.33. The molecule has 0 unspecified atom stereocenters. The molecule has 0 saturated carbocycles. The van der Waals surface area contributed by atoms with E-state index in [4.69, 9.17) is 11.6 Å². The Morgan fingerprint density at radius 1 is 1.09 bits per heavy atom. The van der Waals surface area contributed by atoms with Crippen LogP contribution in [-0.4, -0.2) is 36.3 Å². The topological polar surface area (TPSA) is 49.4 Å². The smallest absolute Gasteiger partial charge is 0.251 e. The van der Waals surface area contributed by atoms with Crippen molar-refractivity contribution in [3.05, 3.63) is 34.9 Å². The SMILES string of the molecule is CCCN(CCC)C(=O)CCCNC(=O)c1ccc(Cl)cc1. The predicted molar refractivity (Wildman–Crippen MR) is 90.2 cm³/mol. The van der Waals surface area contributed by atoms with Gasteiger partial charge in [0.15, 0.2) is 0 Å². The number of hydrogen-bond acceptors (Lipinski definition) is 2. The fourth-order valence-electron chi connectivity index (χ4n) is 2.20. The molecule has 0 aliphatic heterocycles. The van der Waals surface area contributed by atoms with Crippen molar-refractivity contribution < 1.29 is 9.59 Å². The number of carbonyl (C=O) groups is 2. The van der Waals surface area contributed by atoms with Crippen LogP contribution in [0.1, 0.15) is 49.9 Å². The zero-order valence-corrected chi connectivity index (χ0v) is 14.2. The maximum atomic E-state index is 12.1. The van der Waals surface area contributed by atoms with E-state index >= 15 is 0 Å². The molecule has 0 radical (unpaired) electrons. The van der Waals surface area contributed by atoms with Crippen LogP contribution in [0.25, 0.3) is 0 Å². The maximum Gasteiger partial charge on any atom is 0.251 e. The summed E-state index contributed by atoms with van der Waals surface area (Å²) in [5.41, 5.74) is 0.578. The molecule has 2 amide bonds. The molecule has 122 valence electrons. The van der Waals surface area contributed by atoms with E-state index in [1.165, 1.54) is 0 Å². The van der Waals surface area contributed by atoms with Crippen molar-refractivity contribution in [3.8, 4) is 0 Å². The van der Waals surface area contributed by atoms with E-state index in [0.29, 0.717) is 30.0 Å². The van der Waals surface area contributed by atoms with Gasteiger partial charge in [0.2, 0.25) is 5.91 Å². The summed E-state index contributed by atoms with van der Waals surface area (Å²) in [5, 5.41) is 3.43. The molecule has 0 saturated heterocycles. The third-order valence-electron chi connectivity index (χ3n) is 3.30. The van der Waals surface area contributed by atoms with Gasteiger partial charge in [0, 0.05) is 36.6 Å². The monoisotopic (exact) mass is 324 g/mol. The average molecular weight is 325 g/mol. The largest absolute Gasteiger partial charge is 0.352 e. The van der Waals surface area contributed by atoms with E-state index in [0.717, 1.165) is 25.9 Å². The number of halogens is 1. The first-order valence-electron chi connectivity index (χ1n) is 7.90. The van der Waals surface area contributed by atoms with Gasteiger partial charge in [-0.25, -0.2) is 0 Å². The van der Waals surface area contributed by atoms with Gasteiger partial charge in [-0.1, -0.05) is 25.4 Å². The zero-order chi connectivity index (χ0) is 16.4. The van der Waals surface area contributed by atoms with Crippen molar-refractivity contribution in [2.45, 2.75) is 39.5 Å². The van der Waals surface area contributed by atoms with Gasteiger partial charge in [0.25, 0.3) is 5.91 Å². The highest BCUT2D eigenvalue weighted by Crippen LogP contribution is 2.09. The Kier molecular flexibility index (Phi) is 8.60. The number of amides is 2. The Morgan fingerprint density at radius 3 is 2.23 bits per heavy atom. The summed E-state index contributed by atoms with van der Waals surface area (Å²) >= 11 is 5.79. The minimum absolute atomic E-state index is 0.136. The van der Waals surface area contributed by atoms with E-state index in [2.05, 4.69) is 19.2 Å². The summed E-state index contributed by atoms with van der Waals surface area (Å²) in [7, 11) is 0. The highest BCUT2D eigenvalue weighted by atomic mass is 35.5. The molecule has 1 N–H and O–H groups in total. The molecule has 0 atom stereocenters. The van der Waals surface area contributed by atoms with Crippen molar-refractivity contribution in [1.29, 1.82) is 0 Å². The van der Waals surface area contributed by atoms with E-state index in [1.54, 1.807) is 24.3 Å². The van der Waals surface area contributed by atoms with Crippen molar-refractivity contribution in [2.75, 3.05) is 19.6 Å². The highest BCUT2D eigenvalue weighted by molar-refractivity contribution is 6.30. The molecule has 4 nitrogen and oxygen atoms in total. The first-order valence-corrected chi connectivity index (χ1v) is 8.27. The Balaban J connectivity index is 2.30. The molecule has 1 aromatic rings. The third kappa shape index (κ3) is 6.48. The van der Waals surface area contributed by atoms with Crippen LogP contribution in [0.4, 0.5) is 0 Å². The van der Waals surface area contributed by atoms with Crippen molar-refractivity contribution in [1.82, 2.24) is 10.2 Å². The standard InChI is InChI=1S/C17H25ClN2O2/c1-3-12-20(13-4-2)16(21)6-5-11-19-17(22)14-7-9-15(18)10-8-14/h7-10H,3-6,11-13H2,1-2H3,(H,19,22). The van der Waals surface area contributed by atoms with Gasteiger partial charge in [0.1, 0.15) is 0 Å². The van der Waals surface area contributed by atoms with Gasteiger partial charge in [-0.2, -0.15) is 0 Å². The molecule has 22 heavy (non-hydrogen) atoms. The number of nitrogens with zero attached hydrogens (tertiary/aromatic N) is 1. The molecule has 1 rings (SSSR count). The second-order valence-corrected chi connectivity index (χ2v) is 5.68. The quantitative estimate of drug-likeness (QED) is 0.707. The third-order valence-corrected chi connectivity index (χ3v) is 3.55. The van der Waals surface area contributed by atoms with Gasteiger partial charge in [0.05, 0.1) is 0 Å². The molecule has 0 bridgehead atoms. The first kappa shape index (κ1) is 18.5. The fraction of sp³-hybridized carbons (Fsp3) is 0.529. The van der Waals surface area contributed by atoms with Gasteiger partial charge < -0.3 is 10.2 Å². The van der Waals surface area contributed by atoms with E-state index in [9.17, 15) is 9.59 Å². The lowest BCUT2D eigenvalue weighted by atomic mass is 10.2. The number of hydrogen-bond donors (Lipinski definition) is 1. The molecule has 0 aliphatic carbocycles. The van der Waals surface area contributed by atoms with Gasteiger partial charge in [-0.05, 0) is 43.5 Å².